The minimum absolute atomic E-state index is 0.185. The molecule has 0 heterocycles. The van der Waals surface area contributed by atoms with Crippen LogP contribution in [0.2, 0.25) is 0 Å². The fourth-order valence-electron chi connectivity index (χ4n) is 0.826. The largest absolute Gasteiger partial charge is 0.356 e. The Hall–Kier alpha value is -0.530. The van der Waals surface area contributed by atoms with E-state index >= 15 is 0 Å². The van der Waals surface area contributed by atoms with E-state index in [0.717, 1.165) is 13.0 Å². The third-order valence-electron chi connectivity index (χ3n) is 2.24. The lowest BCUT2D eigenvalue weighted by molar-refractivity contribution is -0.121. The Morgan fingerprint density at radius 2 is 1.92 bits per heavy atom. The molecule has 12 heavy (non-hydrogen) atoms. The van der Waals surface area contributed by atoms with Crippen molar-refractivity contribution in [2.45, 2.75) is 40.5 Å². The molecule has 0 radical (unpaired) electrons. The average molecular weight is 171 g/mol. The van der Waals surface area contributed by atoms with E-state index in [9.17, 15) is 4.79 Å². The first-order valence-corrected chi connectivity index (χ1v) is 4.84. The van der Waals surface area contributed by atoms with Gasteiger partial charge in [0.25, 0.3) is 0 Å². The van der Waals surface area contributed by atoms with Crippen molar-refractivity contribution in [3.05, 3.63) is 0 Å². The number of hydrogen-bond donors (Lipinski definition) is 1. The van der Waals surface area contributed by atoms with Gasteiger partial charge in [0.15, 0.2) is 0 Å². The second kappa shape index (κ2) is 6.04. The van der Waals surface area contributed by atoms with Gasteiger partial charge in [-0.1, -0.05) is 27.7 Å². The van der Waals surface area contributed by atoms with Gasteiger partial charge in [0.05, 0.1) is 0 Å². The van der Waals surface area contributed by atoms with E-state index in [1.54, 1.807) is 0 Å². The van der Waals surface area contributed by atoms with Gasteiger partial charge in [0.1, 0.15) is 0 Å². The van der Waals surface area contributed by atoms with Gasteiger partial charge in [-0.25, -0.2) is 0 Å². The molecule has 1 unspecified atom stereocenters. The predicted octanol–water partition coefficient (Wildman–Crippen LogP) is 2.19. The van der Waals surface area contributed by atoms with Crippen LogP contribution in [-0.4, -0.2) is 12.5 Å². The summed E-state index contributed by atoms with van der Waals surface area (Å²) in [5.41, 5.74) is 0. The van der Waals surface area contributed by atoms with Crippen LogP contribution < -0.4 is 5.32 Å². The Morgan fingerprint density at radius 3 is 2.33 bits per heavy atom. The first-order chi connectivity index (χ1) is 5.57. The molecule has 2 nitrogen and oxygen atoms in total. The molecule has 0 aromatic rings. The zero-order chi connectivity index (χ0) is 9.56. The first-order valence-electron chi connectivity index (χ1n) is 4.84. The average Bonchev–Trinajstić information content (AvgIpc) is 2.00. The quantitative estimate of drug-likeness (QED) is 0.675. The van der Waals surface area contributed by atoms with Crippen molar-refractivity contribution in [1.29, 1.82) is 0 Å². The number of amides is 1. The van der Waals surface area contributed by atoms with Gasteiger partial charge in [0.2, 0.25) is 5.91 Å². The Kier molecular flexibility index (Phi) is 5.77. The Bertz CT molecular complexity index is 132. The summed E-state index contributed by atoms with van der Waals surface area (Å²) >= 11 is 0. The van der Waals surface area contributed by atoms with Crippen LogP contribution in [0.15, 0.2) is 0 Å². The third-order valence-corrected chi connectivity index (χ3v) is 2.24. The molecule has 0 aromatic heterocycles. The molecule has 2 heteroatoms. The monoisotopic (exact) mass is 171 g/mol. The molecule has 1 amide bonds. The van der Waals surface area contributed by atoms with E-state index in [1.807, 2.05) is 6.92 Å². The molecule has 0 aliphatic heterocycles. The minimum Gasteiger partial charge on any atom is -0.356 e. The van der Waals surface area contributed by atoms with E-state index in [1.165, 1.54) is 0 Å². The van der Waals surface area contributed by atoms with Gasteiger partial charge in [-0.2, -0.15) is 0 Å². The highest BCUT2D eigenvalue weighted by Gasteiger charge is 2.07. The maximum absolute atomic E-state index is 11.1. The maximum atomic E-state index is 11.1. The summed E-state index contributed by atoms with van der Waals surface area (Å²) < 4.78 is 0. The van der Waals surface area contributed by atoms with Gasteiger partial charge in [-0.05, 0) is 18.3 Å². The van der Waals surface area contributed by atoms with Gasteiger partial charge in [0, 0.05) is 13.0 Å². The molecule has 0 bridgehead atoms. The highest BCUT2D eigenvalue weighted by atomic mass is 16.1. The van der Waals surface area contributed by atoms with Crippen molar-refractivity contribution < 1.29 is 4.79 Å². The smallest absolute Gasteiger partial charge is 0.219 e. The lowest BCUT2D eigenvalue weighted by atomic mass is 9.98. The predicted molar refractivity (Wildman–Crippen MR) is 51.9 cm³/mol. The highest BCUT2D eigenvalue weighted by Crippen LogP contribution is 2.07. The van der Waals surface area contributed by atoms with Gasteiger partial charge >= 0.3 is 0 Å². The number of carbonyl (C=O) groups excluding carboxylic acids is 1. The third kappa shape index (κ3) is 5.16. The van der Waals surface area contributed by atoms with Crippen LogP contribution >= 0.6 is 0 Å². The molecule has 0 aromatic carbocycles. The summed E-state index contributed by atoms with van der Waals surface area (Å²) in [6, 6.07) is 0. The summed E-state index contributed by atoms with van der Waals surface area (Å²) in [6.45, 7) is 9.35. The number of hydrogen-bond acceptors (Lipinski definition) is 1. The van der Waals surface area contributed by atoms with Crippen molar-refractivity contribution in [2.75, 3.05) is 6.54 Å². The van der Waals surface area contributed by atoms with Crippen LogP contribution in [-0.2, 0) is 4.79 Å². The summed E-state index contributed by atoms with van der Waals surface area (Å²) in [6.07, 6.45) is 1.59. The van der Waals surface area contributed by atoms with Crippen molar-refractivity contribution in [3.63, 3.8) is 0 Å². The molecule has 0 fully saturated rings. The van der Waals surface area contributed by atoms with Crippen molar-refractivity contribution in [2.24, 2.45) is 11.8 Å². The molecule has 0 saturated carbocycles. The summed E-state index contributed by atoms with van der Waals surface area (Å²) in [7, 11) is 0. The van der Waals surface area contributed by atoms with Crippen LogP contribution in [0.1, 0.15) is 40.5 Å². The second-order valence-electron chi connectivity index (χ2n) is 3.78. The number of carbonyl (C=O) groups is 1. The minimum atomic E-state index is 0.185. The first kappa shape index (κ1) is 11.5. The van der Waals surface area contributed by atoms with Crippen LogP contribution in [0.5, 0.6) is 0 Å². The van der Waals surface area contributed by atoms with Crippen molar-refractivity contribution >= 4 is 5.91 Å². The maximum Gasteiger partial charge on any atom is 0.219 e. The van der Waals surface area contributed by atoms with Gasteiger partial charge in [-0.3, -0.25) is 4.79 Å². The number of rotatable bonds is 5. The molecule has 72 valence electrons. The molecule has 0 aliphatic carbocycles. The van der Waals surface area contributed by atoms with Crippen LogP contribution in [0.25, 0.3) is 0 Å². The standard InChI is InChI=1S/C10H21NO/c1-5-6-10(12)11-7-9(4)8(2)3/h8-9H,5-7H2,1-4H3,(H,11,12). The van der Waals surface area contributed by atoms with E-state index in [0.29, 0.717) is 18.3 Å². The SMILES string of the molecule is CCCC(=O)NCC(C)C(C)C. The van der Waals surface area contributed by atoms with Crippen molar-refractivity contribution in [1.82, 2.24) is 5.32 Å². The molecule has 1 N–H and O–H groups in total. The van der Waals surface area contributed by atoms with E-state index < -0.39 is 0 Å². The van der Waals surface area contributed by atoms with Crippen LogP contribution in [0, 0.1) is 11.8 Å². The zero-order valence-electron chi connectivity index (χ0n) is 8.68. The number of nitrogens with one attached hydrogen (secondary N) is 1. The normalized spacial score (nSPS) is 13.1. The zero-order valence-corrected chi connectivity index (χ0v) is 8.68. The molecule has 0 spiro atoms. The lowest BCUT2D eigenvalue weighted by Crippen LogP contribution is -2.29. The molecule has 0 aliphatic rings. The summed E-state index contributed by atoms with van der Waals surface area (Å²) in [5, 5.41) is 2.93. The highest BCUT2D eigenvalue weighted by molar-refractivity contribution is 5.75. The van der Waals surface area contributed by atoms with E-state index in [-0.39, 0.29) is 5.91 Å². The van der Waals surface area contributed by atoms with Crippen molar-refractivity contribution in [3.8, 4) is 0 Å². The van der Waals surface area contributed by atoms with E-state index in [2.05, 4.69) is 26.1 Å². The fraction of sp³-hybridized carbons (Fsp3) is 0.900. The molecule has 1 atom stereocenters. The van der Waals surface area contributed by atoms with E-state index in [4.69, 9.17) is 0 Å². The van der Waals surface area contributed by atoms with Gasteiger partial charge < -0.3 is 5.32 Å². The summed E-state index contributed by atoms with van der Waals surface area (Å²) in [5.74, 6) is 1.41. The fourth-order valence-corrected chi connectivity index (χ4v) is 0.826. The Labute approximate surface area is 75.7 Å². The molecule has 0 rings (SSSR count). The van der Waals surface area contributed by atoms with Crippen LogP contribution in [0.4, 0.5) is 0 Å². The molecular formula is C10H21NO. The lowest BCUT2D eigenvalue weighted by Gasteiger charge is -2.15. The summed E-state index contributed by atoms with van der Waals surface area (Å²) in [4.78, 5) is 11.1. The van der Waals surface area contributed by atoms with Gasteiger partial charge in [-0.15, -0.1) is 0 Å². The topological polar surface area (TPSA) is 29.1 Å². The molecule has 0 saturated heterocycles. The second-order valence-corrected chi connectivity index (χ2v) is 3.78. The van der Waals surface area contributed by atoms with Crippen LogP contribution in [0.3, 0.4) is 0 Å². The Balaban J connectivity index is 3.47. The molecular weight excluding hydrogens is 150 g/mol. The Morgan fingerprint density at radius 1 is 1.33 bits per heavy atom.